The van der Waals surface area contributed by atoms with Crippen molar-refractivity contribution < 1.29 is 32.5 Å². The second kappa shape index (κ2) is 11.4. The fraction of sp³-hybridized carbons (Fsp3) is 0.667. The first-order valence-corrected chi connectivity index (χ1v) is 15.2. The molecular weight excluding hydrogens is 524 g/mol. The summed E-state index contributed by atoms with van der Waals surface area (Å²) in [7, 11) is -4.95. The van der Waals surface area contributed by atoms with Crippen molar-refractivity contribution >= 4 is 28.0 Å². The smallest absolute Gasteiger partial charge is 0.318 e. The van der Waals surface area contributed by atoms with E-state index in [1.54, 1.807) is 4.90 Å². The van der Waals surface area contributed by atoms with Gasteiger partial charge in [0.2, 0.25) is 17.3 Å². The number of aliphatic hydroxyl groups is 1. The molecule has 4 amide bonds. The van der Waals surface area contributed by atoms with Gasteiger partial charge in [0.15, 0.2) is 0 Å². The molecule has 1 aromatic rings. The number of urea groups is 1. The van der Waals surface area contributed by atoms with Crippen molar-refractivity contribution in [1.29, 1.82) is 0 Å². The van der Waals surface area contributed by atoms with E-state index in [1.165, 1.54) is 0 Å². The molecule has 2 atom stereocenters. The van der Waals surface area contributed by atoms with Gasteiger partial charge in [0.1, 0.15) is 6.04 Å². The molecule has 2 aliphatic carbocycles. The van der Waals surface area contributed by atoms with Gasteiger partial charge in [-0.05, 0) is 50.0 Å². The Labute approximate surface area is 229 Å². The minimum Gasteiger partial charge on any atom is -0.373 e. The first kappa shape index (κ1) is 29.3. The summed E-state index contributed by atoms with van der Waals surface area (Å²) in [6.07, 6.45) is 4.21. The lowest BCUT2D eigenvalue weighted by atomic mass is 9.56. The summed E-state index contributed by atoms with van der Waals surface area (Å²) in [5.41, 5.74) is -4.00. The van der Waals surface area contributed by atoms with Gasteiger partial charge in [-0.2, -0.15) is 8.42 Å². The van der Waals surface area contributed by atoms with Crippen LogP contribution in [0.4, 0.5) is 4.79 Å². The summed E-state index contributed by atoms with van der Waals surface area (Å²) in [5.74, 6) is -0.931. The van der Waals surface area contributed by atoms with E-state index in [0.717, 1.165) is 31.2 Å². The molecule has 0 radical (unpaired) electrons. The number of aliphatic hydroxyl groups excluding tert-OH is 1. The number of benzene rings is 1. The SMILES string of the molecule is CC(C)C[C@H](NC(=O)N(Cc1ccccc1)C1CCCC1)C(=O)NC1(C(O)S(=O)(=O)O)CC2(CCNC2=O)C1. The molecule has 1 unspecified atom stereocenters. The number of carbonyl (C=O) groups excluding carboxylic acids is 3. The van der Waals surface area contributed by atoms with Crippen molar-refractivity contribution in [3.63, 3.8) is 0 Å². The molecule has 1 spiro atoms. The van der Waals surface area contributed by atoms with E-state index in [1.807, 2.05) is 44.2 Å². The number of nitrogens with zero attached hydrogens (tertiary/aromatic N) is 1. The van der Waals surface area contributed by atoms with Crippen molar-refractivity contribution in [3.8, 4) is 0 Å². The minimum absolute atomic E-state index is 0.00546. The summed E-state index contributed by atoms with van der Waals surface area (Å²) in [4.78, 5) is 41.4. The third-order valence-electron chi connectivity index (χ3n) is 8.35. The maximum Gasteiger partial charge on any atom is 0.318 e. The molecule has 1 aliphatic heterocycles. The number of hydrogen-bond acceptors (Lipinski definition) is 6. The maximum absolute atomic E-state index is 13.6. The van der Waals surface area contributed by atoms with Crippen LogP contribution in [0.25, 0.3) is 0 Å². The molecule has 3 fully saturated rings. The summed E-state index contributed by atoms with van der Waals surface area (Å²) in [6, 6.07) is 8.24. The van der Waals surface area contributed by atoms with Crippen LogP contribution in [0.2, 0.25) is 0 Å². The van der Waals surface area contributed by atoms with E-state index in [9.17, 15) is 32.5 Å². The van der Waals surface area contributed by atoms with Crippen LogP contribution in [0.1, 0.15) is 70.8 Å². The van der Waals surface area contributed by atoms with Gasteiger partial charge in [0.05, 0.1) is 11.0 Å². The Morgan fingerprint density at radius 3 is 2.33 bits per heavy atom. The average molecular weight is 565 g/mol. The minimum atomic E-state index is -4.95. The second-order valence-electron chi connectivity index (χ2n) is 11.8. The van der Waals surface area contributed by atoms with Crippen LogP contribution in [-0.2, 0) is 26.3 Å². The van der Waals surface area contributed by atoms with Crippen LogP contribution in [-0.4, -0.2) is 70.4 Å². The van der Waals surface area contributed by atoms with Crippen molar-refractivity contribution in [2.24, 2.45) is 11.3 Å². The third-order valence-corrected chi connectivity index (χ3v) is 9.36. The Morgan fingerprint density at radius 1 is 1.15 bits per heavy atom. The molecule has 39 heavy (non-hydrogen) atoms. The molecule has 1 aromatic carbocycles. The Bertz CT molecular complexity index is 1160. The number of amides is 4. The van der Waals surface area contributed by atoms with E-state index >= 15 is 0 Å². The molecular formula is C27H40N4O7S. The monoisotopic (exact) mass is 564 g/mol. The van der Waals surface area contributed by atoms with Gasteiger partial charge in [0, 0.05) is 19.1 Å². The van der Waals surface area contributed by atoms with Crippen molar-refractivity contribution in [2.45, 2.75) is 94.8 Å². The van der Waals surface area contributed by atoms with Crippen LogP contribution in [0.3, 0.4) is 0 Å². The molecule has 3 aliphatic rings. The van der Waals surface area contributed by atoms with Crippen molar-refractivity contribution in [2.75, 3.05) is 6.54 Å². The lowest BCUT2D eigenvalue weighted by Gasteiger charge is -2.54. The molecule has 1 heterocycles. The topological polar surface area (TPSA) is 165 Å². The lowest BCUT2D eigenvalue weighted by Crippen LogP contribution is -2.72. The molecule has 0 aromatic heterocycles. The lowest BCUT2D eigenvalue weighted by molar-refractivity contribution is -0.146. The Hall–Kier alpha value is -2.70. The predicted molar refractivity (Wildman–Crippen MR) is 144 cm³/mol. The fourth-order valence-electron chi connectivity index (χ4n) is 6.45. The fourth-order valence-corrected chi connectivity index (χ4v) is 7.25. The summed E-state index contributed by atoms with van der Waals surface area (Å²) in [6.45, 7) is 4.59. The summed E-state index contributed by atoms with van der Waals surface area (Å²) < 4.78 is 33.6. The highest BCUT2D eigenvalue weighted by Crippen LogP contribution is 2.55. The highest BCUT2D eigenvalue weighted by atomic mass is 32.2. The predicted octanol–water partition coefficient (Wildman–Crippen LogP) is 1.92. The zero-order chi connectivity index (χ0) is 28.4. The zero-order valence-corrected chi connectivity index (χ0v) is 23.4. The van der Waals surface area contributed by atoms with Crippen LogP contribution in [0.5, 0.6) is 0 Å². The summed E-state index contributed by atoms with van der Waals surface area (Å²) in [5, 5.41) is 18.8. The van der Waals surface area contributed by atoms with Gasteiger partial charge < -0.3 is 26.0 Å². The van der Waals surface area contributed by atoms with E-state index in [4.69, 9.17) is 0 Å². The van der Waals surface area contributed by atoms with Crippen LogP contribution in [0.15, 0.2) is 30.3 Å². The van der Waals surface area contributed by atoms with Crippen molar-refractivity contribution in [3.05, 3.63) is 35.9 Å². The quantitative estimate of drug-likeness (QED) is 0.271. The van der Waals surface area contributed by atoms with Crippen LogP contribution >= 0.6 is 0 Å². The molecule has 5 N–H and O–H groups in total. The maximum atomic E-state index is 13.6. The normalized spacial score (nSPS) is 26.6. The molecule has 216 valence electrons. The first-order chi connectivity index (χ1) is 18.4. The second-order valence-corrected chi connectivity index (χ2v) is 13.3. The highest BCUT2D eigenvalue weighted by Gasteiger charge is 2.66. The first-order valence-electron chi connectivity index (χ1n) is 13.7. The molecule has 0 bridgehead atoms. The van der Waals surface area contributed by atoms with E-state index in [-0.39, 0.29) is 37.1 Å². The number of rotatable bonds is 10. The number of nitrogens with one attached hydrogen (secondary N) is 3. The molecule has 12 heteroatoms. The van der Waals surface area contributed by atoms with Crippen LogP contribution in [0, 0.1) is 11.3 Å². The zero-order valence-electron chi connectivity index (χ0n) is 22.6. The number of hydrogen-bond donors (Lipinski definition) is 5. The molecule has 2 saturated carbocycles. The van der Waals surface area contributed by atoms with Gasteiger partial charge in [-0.1, -0.05) is 57.0 Å². The van der Waals surface area contributed by atoms with Gasteiger partial charge in [-0.15, -0.1) is 0 Å². The summed E-state index contributed by atoms with van der Waals surface area (Å²) >= 11 is 0. The standard InChI is InChI=1S/C27H40N4O7S/c1-18(2)14-21(29-25(35)31(20-10-6-7-11-20)15-19-8-4-3-5-9-19)22(32)30-27(24(34)39(36,37)38)16-26(17-27)12-13-28-23(26)33/h3-5,8-9,18,20-21,24,34H,6-7,10-17H2,1-2H3,(H,28,33)(H,29,35)(H,30,32)(H,36,37,38)/t21-,24?,26?,27?/m0/s1. The molecule has 1 saturated heterocycles. The van der Waals surface area contributed by atoms with E-state index in [0.29, 0.717) is 19.5 Å². The van der Waals surface area contributed by atoms with E-state index in [2.05, 4.69) is 16.0 Å². The Balaban J connectivity index is 1.54. The number of carbonyl (C=O) groups is 3. The largest absolute Gasteiger partial charge is 0.373 e. The third kappa shape index (κ3) is 6.38. The van der Waals surface area contributed by atoms with Gasteiger partial charge in [-0.25, -0.2) is 4.79 Å². The highest BCUT2D eigenvalue weighted by molar-refractivity contribution is 7.86. The molecule has 4 rings (SSSR count). The van der Waals surface area contributed by atoms with Crippen LogP contribution < -0.4 is 16.0 Å². The van der Waals surface area contributed by atoms with Crippen molar-refractivity contribution in [1.82, 2.24) is 20.9 Å². The van der Waals surface area contributed by atoms with Gasteiger partial charge in [0.25, 0.3) is 10.1 Å². The Kier molecular flexibility index (Phi) is 8.58. The van der Waals surface area contributed by atoms with Gasteiger partial charge in [-0.3, -0.25) is 14.1 Å². The Morgan fingerprint density at radius 2 is 1.79 bits per heavy atom. The van der Waals surface area contributed by atoms with E-state index < -0.39 is 44.5 Å². The van der Waals surface area contributed by atoms with Gasteiger partial charge >= 0.3 is 6.03 Å². The average Bonchev–Trinajstić information content (AvgIpc) is 3.51. The molecule has 11 nitrogen and oxygen atoms in total.